The van der Waals surface area contributed by atoms with Crippen molar-refractivity contribution >= 4 is 11.8 Å². The SMILES string of the molecule is O=c1nc(SCc2cccc(F)c2)c2c(n1Cc1cccnc1)CCCC2. The molecule has 0 saturated carbocycles. The van der Waals surface area contributed by atoms with Gasteiger partial charge in [-0.25, -0.2) is 9.18 Å². The van der Waals surface area contributed by atoms with E-state index < -0.39 is 0 Å². The molecule has 138 valence electrons. The fourth-order valence-corrected chi connectivity index (χ4v) is 4.50. The topological polar surface area (TPSA) is 47.8 Å². The molecule has 2 aromatic heterocycles. The van der Waals surface area contributed by atoms with E-state index >= 15 is 0 Å². The third-order valence-corrected chi connectivity index (χ3v) is 5.87. The lowest BCUT2D eigenvalue weighted by Crippen LogP contribution is -2.30. The van der Waals surface area contributed by atoms with Gasteiger partial charge in [0.15, 0.2) is 0 Å². The Bertz CT molecular complexity index is 1000. The van der Waals surface area contributed by atoms with Gasteiger partial charge in [0.05, 0.1) is 6.54 Å². The van der Waals surface area contributed by atoms with Crippen LogP contribution in [0.25, 0.3) is 0 Å². The molecule has 0 fully saturated rings. The minimum Gasteiger partial charge on any atom is -0.291 e. The standard InChI is InChI=1S/C21H20FN3OS/c22-17-7-3-5-15(11-17)14-27-20-18-8-1-2-9-19(18)25(21(26)24-20)13-16-6-4-10-23-12-16/h3-7,10-12H,1-2,8-9,13-14H2. The quantitative estimate of drug-likeness (QED) is 0.495. The van der Waals surface area contributed by atoms with Crippen LogP contribution in [0.2, 0.25) is 0 Å². The van der Waals surface area contributed by atoms with Crippen LogP contribution in [-0.2, 0) is 25.1 Å². The van der Waals surface area contributed by atoms with Gasteiger partial charge in [-0.05, 0) is 55.0 Å². The number of fused-ring (bicyclic) bond motifs is 1. The van der Waals surface area contributed by atoms with Crippen molar-refractivity contribution < 1.29 is 4.39 Å². The van der Waals surface area contributed by atoms with Crippen molar-refractivity contribution in [1.82, 2.24) is 14.5 Å². The zero-order chi connectivity index (χ0) is 18.6. The number of pyridine rings is 1. The number of aromatic nitrogens is 3. The van der Waals surface area contributed by atoms with Crippen LogP contribution in [0.1, 0.15) is 35.2 Å². The molecule has 4 rings (SSSR count). The summed E-state index contributed by atoms with van der Waals surface area (Å²) in [7, 11) is 0. The highest BCUT2D eigenvalue weighted by atomic mass is 32.2. The molecular weight excluding hydrogens is 361 g/mol. The first-order chi connectivity index (χ1) is 13.2. The number of halogens is 1. The lowest BCUT2D eigenvalue weighted by Gasteiger charge is -2.22. The fourth-order valence-electron chi connectivity index (χ4n) is 3.48. The molecule has 0 aliphatic heterocycles. The lowest BCUT2D eigenvalue weighted by atomic mass is 9.97. The molecule has 0 saturated heterocycles. The maximum Gasteiger partial charge on any atom is 0.349 e. The predicted molar refractivity (Wildman–Crippen MR) is 104 cm³/mol. The first-order valence-corrected chi connectivity index (χ1v) is 10.1. The van der Waals surface area contributed by atoms with Crippen LogP contribution in [0.3, 0.4) is 0 Å². The van der Waals surface area contributed by atoms with Crippen molar-refractivity contribution in [2.45, 2.75) is 43.0 Å². The zero-order valence-electron chi connectivity index (χ0n) is 14.9. The van der Waals surface area contributed by atoms with E-state index in [0.717, 1.165) is 47.5 Å². The summed E-state index contributed by atoms with van der Waals surface area (Å²) in [5.41, 5.74) is 3.93. The van der Waals surface area contributed by atoms with Crippen LogP contribution < -0.4 is 5.69 Å². The Hall–Kier alpha value is -2.47. The van der Waals surface area contributed by atoms with Crippen LogP contribution in [-0.4, -0.2) is 14.5 Å². The number of rotatable bonds is 5. The van der Waals surface area contributed by atoms with Gasteiger partial charge in [-0.2, -0.15) is 4.98 Å². The van der Waals surface area contributed by atoms with Crippen molar-refractivity contribution in [2.75, 3.05) is 0 Å². The molecule has 2 heterocycles. The average molecular weight is 381 g/mol. The number of benzene rings is 1. The molecule has 0 spiro atoms. The summed E-state index contributed by atoms with van der Waals surface area (Å²) in [4.78, 5) is 21.3. The third kappa shape index (κ3) is 4.11. The number of hydrogen-bond acceptors (Lipinski definition) is 4. The first-order valence-electron chi connectivity index (χ1n) is 9.09. The van der Waals surface area contributed by atoms with E-state index in [1.807, 2.05) is 18.2 Å². The van der Waals surface area contributed by atoms with E-state index in [4.69, 9.17) is 0 Å². The van der Waals surface area contributed by atoms with Crippen molar-refractivity contribution in [3.05, 3.63) is 87.5 Å². The lowest BCUT2D eigenvalue weighted by molar-refractivity contribution is 0.569. The second-order valence-electron chi connectivity index (χ2n) is 6.70. The molecule has 1 aliphatic carbocycles. The minimum atomic E-state index is -0.241. The van der Waals surface area contributed by atoms with Gasteiger partial charge in [0.25, 0.3) is 0 Å². The van der Waals surface area contributed by atoms with Gasteiger partial charge < -0.3 is 0 Å². The van der Waals surface area contributed by atoms with Gasteiger partial charge >= 0.3 is 5.69 Å². The monoisotopic (exact) mass is 381 g/mol. The largest absolute Gasteiger partial charge is 0.349 e. The minimum absolute atomic E-state index is 0.221. The third-order valence-electron chi connectivity index (χ3n) is 4.78. The molecule has 1 aliphatic rings. The summed E-state index contributed by atoms with van der Waals surface area (Å²) < 4.78 is 15.2. The molecule has 0 radical (unpaired) electrons. The van der Waals surface area contributed by atoms with Crippen molar-refractivity contribution in [2.24, 2.45) is 0 Å². The summed E-state index contributed by atoms with van der Waals surface area (Å²) in [6, 6.07) is 10.4. The smallest absolute Gasteiger partial charge is 0.291 e. The summed E-state index contributed by atoms with van der Waals surface area (Å²) >= 11 is 1.52. The second kappa shape index (κ2) is 8.05. The number of hydrogen-bond donors (Lipinski definition) is 0. The average Bonchev–Trinajstić information content (AvgIpc) is 2.70. The Balaban J connectivity index is 1.65. The van der Waals surface area contributed by atoms with E-state index in [9.17, 15) is 9.18 Å². The van der Waals surface area contributed by atoms with Gasteiger partial charge in [0.1, 0.15) is 10.8 Å². The maximum atomic E-state index is 13.4. The summed E-state index contributed by atoms with van der Waals surface area (Å²) in [6.45, 7) is 0.497. The van der Waals surface area contributed by atoms with Crippen LogP contribution >= 0.6 is 11.8 Å². The highest BCUT2D eigenvalue weighted by molar-refractivity contribution is 7.98. The number of thioether (sulfide) groups is 1. The van der Waals surface area contributed by atoms with E-state index in [1.54, 1.807) is 23.0 Å². The van der Waals surface area contributed by atoms with Gasteiger partial charge in [0.2, 0.25) is 0 Å². The zero-order valence-corrected chi connectivity index (χ0v) is 15.7. The van der Waals surface area contributed by atoms with Gasteiger partial charge in [-0.15, -0.1) is 11.8 Å². The predicted octanol–water partition coefficient (Wildman–Crippen LogP) is 4.00. The van der Waals surface area contributed by atoms with Crippen molar-refractivity contribution in [3.63, 3.8) is 0 Å². The maximum absolute atomic E-state index is 13.4. The molecule has 0 bridgehead atoms. The summed E-state index contributed by atoms with van der Waals surface area (Å²) in [5, 5.41) is 0.793. The van der Waals surface area contributed by atoms with Crippen LogP contribution in [0, 0.1) is 5.82 Å². The molecule has 0 N–H and O–H groups in total. The fraction of sp³-hybridized carbons (Fsp3) is 0.286. The molecule has 6 heteroatoms. The second-order valence-corrected chi connectivity index (χ2v) is 7.66. The van der Waals surface area contributed by atoms with Crippen LogP contribution in [0.15, 0.2) is 58.6 Å². The van der Waals surface area contributed by atoms with Crippen LogP contribution in [0.5, 0.6) is 0 Å². The van der Waals surface area contributed by atoms with Gasteiger partial charge in [0, 0.05) is 29.4 Å². The normalized spacial score (nSPS) is 13.4. The Morgan fingerprint density at radius 1 is 1.11 bits per heavy atom. The molecule has 0 amide bonds. The van der Waals surface area contributed by atoms with E-state index in [2.05, 4.69) is 9.97 Å². The summed E-state index contributed by atoms with van der Waals surface area (Å²) in [5.74, 6) is 0.360. The van der Waals surface area contributed by atoms with E-state index in [-0.39, 0.29) is 11.5 Å². The van der Waals surface area contributed by atoms with E-state index in [1.165, 1.54) is 29.5 Å². The van der Waals surface area contributed by atoms with Gasteiger partial charge in [-0.1, -0.05) is 18.2 Å². The Kier molecular flexibility index (Phi) is 5.34. The van der Waals surface area contributed by atoms with Crippen LogP contribution in [0.4, 0.5) is 4.39 Å². The molecule has 4 nitrogen and oxygen atoms in total. The Morgan fingerprint density at radius 2 is 1.96 bits per heavy atom. The Labute approximate surface area is 161 Å². The van der Waals surface area contributed by atoms with Crippen molar-refractivity contribution in [1.29, 1.82) is 0 Å². The molecular formula is C21H20FN3OS. The molecule has 0 atom stereocenters. The molecule has 3 aromatic rings. The highest BCUT2D eigenvalue weighted by Crippen LogP contribution is 2.30. The van der Waals surface area contributed by atoms with E-state index in [0.29, 0.717) is 12.3 Å². The summed E-state index contributed by atoms with van der Waals surface area (Å²) in [6.07, 6.45) is 7.52. The molecule has 0 unspecified atom stereocenters. The van der Waals surface area contributed by atoms with Crippen molar-refractivity contribution in [3.8, 4) is 0 Å². The number of nitrogens with zero attached hydrogens (tertiary/aromatic N) is 3. The molecule has 1 aromatic carbocycles. The first kappa shape index (κ1) is 17.9. The van der Waals surface area contributed by atoms with Gasteiger partial charge in [-0.3, -0.25) is 9.55 Å². The Morgan fingerprint density at radius 3 is 2.78 bits per heavy atom. The molecule has 27 heavy (non-hydrogen) atoms. The highest BCUT2D eigenvalue weighted by Gasteiger charge is 2.20.